The first-order valence-corrected chi connectivity index (χ1v) is 7.86. The maximum Gasteiger partial charge on any atom is 0.281 e. The summed E-state index contributed by atoms with van der Waals surface area (Å²) < 4.78 is 19.5. The largest absolute Gasteiger partial charge is 0.493 e. The molecule has 1 saturated heterocycles. The number of hydrogen-bond acceptors (Lipinski definition) is 3. The molecule has 6 heteroatoms. The van der Waals surface area contributed by atoms with Crippen molar-refractivity contribution < 1.29 is 13.9 Å². The molecule has 1 heterocycles. The third-order valence-electron chi connectivity index (χ3n) is 3.49. The molecule has 0 atom stereocenters. The number of rotatable bonds is 4. The second kappa shape index (κ2) is 6.80. The molecule has 1 aliphatic rings. The minimum Gasteiger partial charge on any atom is -0.493 e. The summed E-state index contributed by atoms with van der Waals surface area (Å²) in [5.74, 6) is -0.250. The van der Waals surface area contributed by atoms with E-state index in [1.807, 2.05) is 31.2 Å². The lowest BCUT2D eigenvalue weighted by molar-refractivity contribution is -0.113. The zero-order valence-electron chi connectivity index (χ0n) is 13.0. The van der Waals surface area contributed by atoms with Crippen LogP contribution in [0.4, 0.5) is 10.1 Å². The summed E-state index contributed by atoms with van der Waals surface area (Å²) in [5, 5.41) is 2.99. The van der Waals surface area contributed by atoms with E-state index in [9.17, 15) is 9.18 Å². The molecule has 0 unspecified atom stereocenters. The zero-order valence-corrected chi connectivity index (χ0v) is 13.8. The van der Waals surface area contributed by atoms with Crippen LogP contribution in [0.25, 0.3) is 6.08 Å². The summed E-state index contributed by atoms with van der Waals surface area (Å²) in [7, 11) is 0. The lowest BCUT2D eigenvalue weighted by atomic mass is 10.1. The number of halogens is 1. The Morgan fingerprint density at radius 1 is 1.21 bits per heavy atom. The van der Waals surface area contributed by atoms with Crippen molar-refractivity contribution in [3.8, 4) is 5.75 Å². The van der Waals surface area contributed by atoms with Gasteiger partial charge in [-0.1, -0.05) is 30.3 Å². The van der Waals surface area contributed by atoms with Crippen LogP contribution < -0.4 is 15.0 Å². The third-order valence-corrected chi connectivity index (χ3v) is 3.77. The Morgan fingerprint density at radius 3 is 2.67 bits per heavy atom. The van der Waals surface area contributed by atoms with Crippen molar-refractivity contribution >= 4 is 35.0 Å². The Labute approximate surface area is 144 Å². The molecule has 0 aliphatic carbocycles. The minimum absolute atomic E-state index is 0.126. The number of carbonyl (C=O) groups is 1. The Bertz CT molecular complexity index is 835. The van der Waals surface area contributed by atoms with E-state index < -0.39 is 11.7 Å². The van der Waals surface area contributed by atoms with Gasteiger partial charge in [-0.25, -0.2) is 9.29 Å². The van der Waals surface area contributed by atoms with Gasteiger partial charge in [0.05, 0.1) is 12.3 Å². The van der Waals surface area contributed by atoms with Crippen molar-refractivity contribution in [2.24, 2.45) is 0 Å². The molecule has 122 valence electrons. The van der Waals surface area contributed by atoms with E-state index in [0.29, 0.717) is 12.4 Å². The smallest absolute Gasteiger partial charge is 0.281 e. The van der Waals surface area contributed by atoms with Crippen molar-refractivity contribution in [3.05, 3.63) is 65.6 Å². The molecule has 0 spiro atoms. The van der Waals surface area contributed by atoms with Gasteiger partial charge in [0.2, 0.25) is 0 Å². The number of amides is 1. The summed E-state index contributed by atoms with van der Waals surface area (Å²) in [6.45, 7) is 2.40. The van der Waals surface area contributed by atoms with Crippen molar-refractivity contribution in [3.63, 3.8) is 0 Å². The lowest BCUT2D eigenvalue weighted by Crippen LogP contribution is -2.31. The van der Waals surface area contributed by atoms with Gasteiger partial charge in [0.25, 0.3) is 5.91 Å². The van der Waals surface area contributed by atoms with Crippen molar-refractivity contribution in [1.29, 1.82) is 0 Å². The van der Waals surface area contributed by atoms with Gasteiger partial charge in [0.15, 0.2) is 5.11 Å². The van der Waals surface area contributed by atoms with Gasteiger partial charge in [-0.05, 0) is 43.4 Å². The molecule has 2 aromatic rings. The van der Waals surface area contributed by atoms with Crippen LogP contribution in [-0.2, 0) is 4.79 Å². The summed E-state index contributed by atoms with van der Waals surface area (Å²) in [6.07, 6.45) is 1.65. The predicted molar refractivity (Wildman–Crippen MR) is 95.2 cm³/mol. The Balaban J connectivity index is 1.96. The first kappa shape index (κ1) is 16.1. The molecular weight excluding hydrogens is 327 g/mol. The number of nitrogens with one attached hydrogen (secondary N) is 1. The summed E-state index contributed by atoms with van der Waals surface area (Å²) >= 11 is 5.19. The van der Waals surface area contributed by atoms with Crippen LogP contribution in [0.3, 0.4) is 0 Å². The van der Waals surface area contributed by atoms with Crippen LogP contribution >= 0.6 is 12.2 Å². The number of anilines is 1. The molecule has 0 radical (unpaired) electrons. The molecule has 24 heavy (non-hydrogen) atoms. The third kappa shape index (κ3) is 3.00. The maximum absolute atomic E-state index is 14.0. The highest BCUT2D eigenvalue weighted by Gasteiger charge is 2.33. The highest BCUT2D eigenvalue weighted by molar-refractivity contribution is 7.80. The number of benzene rings is 2. The van der Waals surface area contributed by atoms with E-state index in [-0.39, 0.29) is 16.5 Å². The van der Waals surface area contributed by atoms with E-state index >= 15 is 0 Å². The normalized spacial score (nSPS) is 15.8. The summed E-state index contributed by atoms with van der Waals surface area (Å²) in [5.41, 5.74) is 1.14. The fourth-order valence-electron chi connectivity index (χ4n) is 2.43. The highest BCUT2D eigenvalue weighted by atomic mass is 32.1. The monoisotopic (exact) mass is 342 g/mol. The fourth-order valence-corrected chi connectivity index (χ4v) is 2.72. The first-order chi connectivity index (χ1) is 11.6. The number of para-hydroxylation sites is 2. The fraction of sp³-hybridized carbons (Fsp3) is 0.111. The van der Waals surface area contributed by atoms with Gasteiger partial charge >= 0.3 is 0 Å². The van der Waals surface area contributed by atoms with Crippen LogP contribution in [0.2, 0.25) is 0 Å². The highest BCUT2D eigenvalue weighted by Crippen LogP contribution is 2.27. The minimum atomic E-state index is -0.508. The molecule has 1 N–H and O–H groups in total. The van der Waals surface area contributed by atoms with E-state index in [4.69, 9.17) is 17.0 Å². The first-order valence-electron chi connectivity index (χ1n) is 7.45. The second-order valence-corrected chi connectivity index (χ2v) is 5.44. The Morgan fingerprint density at radius 2 is 1.92 bits per heavy atom. The number of hydrogen-bond donors (Lipinski definition) is 1. The summed E-state index contributed by atoms with van der Waals surface area (Å²) in [4.78, 5) is 13.8. The van der Waals surface area contributed by atoms with Crippen LogP contribution in [0.5, 0.6) is 5.75 Å². The van der Waals surface area contributed by atoms with Crippen LogP contribution in [0.1, 0.15) is 12.5 Å². The average Bonchev–Trinajstić information content (AvgIpc) is 2.84. The topological polar surface area (TPSA) is 41.6 Å². The summed E-state index contributed by atoms with van der Waals surface area (Å²) in [6, 6.07) is 13.4. The molecule has 1 aliphatic heterocycles. The molecule has 0 aromatic heterocycles. The molecule has 1 fully saturated rings. The van der Waals surface area contributed by atoms with Gasteiger partial charge in [0.1, 0.15) is 17.3 Å². The van der Waals surface area contributed by atoms with E-state index in [1.165, 1.54) is 12.1 Å². The van der Waals surface area contributed by atoms with E-state index in [1.54, 1.807) is 18.2 Å². The number of carbonyl (C=O) groups excluding carboxylic acids is 1. The van der Waals surface area contributed by atoms with Gasteiger partial charge in [-0.2, -0.15) is 0 Å². The molecule has 1 amide bonds. The Hall–Kier alpha value is -2.73. The van der Waals surface area contributed by atoms with Crippen LogP contribution in [-0.4, -0.2) is 17.6 Å². The maximum atomic E-state index is 14.0. The Kier molecular flexibility index (Phi) is 4.57. The van der Waals surface area contributed by atoms with E-state index in [2.05, 4.69) is 5.32 Å². The number of thiocarbonyl (C=S) groups is 1. The second-order valence-electron chi connectivity index (χ2n) is 5.05. The van der Waals surface area contributed by atoms with Crippen molar-refractivity contribution in [1.82, 2.24) is 5.32 Å². The van der Waals surface area contributed by atoms with Gasteiger partial charge in [-0.3, -0.25) is 4.79 Å². The molecule has 3 rings (SSSR count). The lowest BCUT2D eigenvalue weighted by Gasteiger charge is -2.14. The SMILES string of the molecule is CCOc1ccccc1/C=C1\NC(=S)N(c2ccccc2F)C1=O. The zero-order chi connectivity index (χ0) is 17.1. The van der Waals surface area contributed by atoms with Crippen LogP contribution in [0.15, 0.2) is 54.2 Å². The number of nitrogens with zero attached hydrogens (tertiary/aromatic N) is 1. The molecule has 0 bridgehead atoms. The van der Waals surface area contributed by atoms with Gasteiger partial charge < -0.3 is 10.1 Å². The molecule has 0 saturated carbocycles. The van der Waals surface area contributed by atoms with Gasteiger partial charge in [-0.15, -0.1) is 0 Å². The molecule has 4 nitrogen and oxygen atoms in total. The van der Waals surface area contributed by atoms with Crippen LogP contribution in [0, 0.1) is 5.82 Å². The standard InChI is InChI=1S/C18H15FN2O2S/c1-2-23-16-10-6-3-7-12(16)11-14-17(22)21(18(24)20-14)15-9-5-4-8-13(15)19/h3-11H,2H2,1H3,(H,20,24)/b14-11-. The molecule has 2 aromatic carbocycles. The predicted octanol–water partition coefficient (Wildman–Crippen LogP) is 3.49. The van der Waals surface area contributed by atoms with Crippen molar-refractivity contribution in [2.45, 2.75) is 6.92 Å². The van der Waals surface area contributed by atoms with Crippen molar-refractivity contribution in [2.75, 3.05) is 11.5 Å². The number of ether oxygens (including phenoxy) is 1. The van der Waals surface area contributed by atoms with E-state index in [0.717, 1.165) is 10.5 Å². The quantitative estimate of drug-likeness (QED) is 0.682. The molecular formula is C18H15FN2O2S. The van der Waals surface area contributed by atoms with Gasteiger partial charge in [0, 0.05) is 5.56 Å². The average molecular weight is 342 g/mol.